The fraction of sp³-hybridized carbons (Fsp3) is 0.333. The molecular formula is C15H18BN3O2. The van der Waals surface area contributed by atoms with Crippen LogP contribution in [0.4, 0.5) is 0 Å². The molecule has 0 aliphatic heterocycles. The van der Waals surface area contributed by atoms with Gasteiger partial charge in [0.25, 0.3) is 5.56 Å². The maximum atomic E-state index is 12.2. The van der Waals surface area contributed by atoms with Crippen LogP contribution in [-0.2, 0) is 6.54 Å². The van der Waals surface area contributed by atoms with Crippen LogP contribution in [0.25, 0.3) is 22.1 Å². The maximum Gasteiger partial charge on any atom is 0.294 e. The van der Waals surface area contributed by atoms with Gasteiger partial charge in [-0.05, 0) is 19.4 Å². The van der Waals surface area contributed by atoms with E-state index in [2.05, 4.69) is 29.1 Å². The van der Waals surface area contributed by atoms with E-state index in [0.717, 1.165) is 17.3 Å². The lowest BCUT2D eigenvalue weighted by atomic mass is 9.95. The monoisotopic (exact) mass is 283 g/mol. The Hall–Kier alpha value is -2.08. The number of nitrogens with one attached hydrogen (secondary N) is 2. The molecule has 21 heavy (non-hydrogen) atoms. The first-order valence-corrected chi connectivity index (χ1v) is 7.24. The summed E-state index contributed by atoms with van der Waals surface area (Å²) in [6.07, 6.45) is 1.03. The number of rotatable bonds is 4. The number of hydrogen-bond acceptors (Lipinski definition) is 4. The van der Waals surface area contributed by atoms with Crippen molar-refractivity contribution < 1.29 is 4.42 Å². The Morgan fingerprint density at radius 1 is 1.48 bits per heavy atom. The molecule has 3 rings (SSSR count). The lowest BCUT2D eigenvalue weighted by molar-refractivity contribution is 0.522. The number of benzene rings is 1. The van der Waals surface area contributed by atoms with Gasteiger partial charge in [-0.25, -0.2) is 4.98 Å². The summed E-state index contributed by atoms with van der Waals surface area (Å²) >= 11 is 0. The first-order valence-electron chi connectivity index (χ1n) is 7.24. The first-order chi connectivity index (χ1) is 10.1. The second-order valence-corrected chi connectivity index (χ2v) is 5.48. The summed E-state index contributed by atoms with van der Waals surface area (Å²) in [6.45, 7) is 4.76. The third-order valence-electron chi connectivity index (χ3n) is 3.76. The number of nitrogens with zero attached hydrogens (tertiary/aromatic N) is 1. The van der Waals surface area contributed by atoms with Crippen LogP contribution in [0.1, 0.15) is 26.1 Å². The van der Waals surface area contributed by atoms with Crippen molar-refractivity contribution >= 4 is 35.4 Å². The Labute approximate surface area is 123 Å². The number of aromatic amines is 1. The van der Waals surface area contributed by atoms with Gasteiger partial charge in [0, 0.05) is 11.4 Å². The number of fused-ring (bicyclic) bond motifs is 3. The van der Waals surface area contributed by atoms with E-state index in [9.17, 15) is 4.79 Å². The molecule has 0 aliphatic rings. The second kappa shape index (κ2) is 5.37. The van der Waals surface area contributed by atoms with Gasteiger partial charge in [0.2, 0.25) is 5.58 Å². The molecule has 0 aliphatic carbocycles. The minimum atomic E-state index is -0.227. The summed E-state index contributed by atoms with van der Waals surface area (Å²) in [5.74, 6) is 0.636. The fourth-order valence-electron chi connectivity index (χ4n) is 2.31. The van der Waals surface area contributed by atoms with Crippen molar-refractivity contribution in [3.05, 3.63) is 34.4 Å². The van der Waals surface area contributed by atoms with Gasteiger partial charge in [-0.2, -0.15) is 0 Å². The second-order valence-electron chi connectivity index (χ2n) is 5.48. The summed E-state index contributed by atoms with van der Waals surface area (Å²) in [7, 11) is 2.01. The molecule has 5 nitrogen and oxygen atoms in total. The van der Waals surface area contributed by atoms with Gasteiger partial charge >= 0.3 is 0 Å². The number of aromatic nitrogens is 2. The Morgan fingerprint density at radius 3 is 3.05 bits per heavy atom. The van der Waals surface area contributed by atoms with E-state index in [1.807, 2.05) is 26.0 Å². The Bertz CT molecular complexity index is 853. The van der Waals surface area contributed by atoms with E-state index >= 15 is 0 Å². The molecule has 0 bridgehead atoms. The van der Waals surface area contributed by atoms with Crippen molar-refractivity contribution in [1.29, 1.82) is 0 Å². The van der Waals surface area contributed by atoms with Gasteiger partial charge < -0.3 is 14.7 Å². The van der Waals surface area contributed by atoms with Crippen LogP contribution < -0.4 is 16.3 Å². The molecule has 0 spiro atoms. The van der Waals surface area contributed by atoms with Crippen LogP contribution in [0, 0.1) is 0 Å². The summed E-state index contributed by atoms with van der Waals surface area (Å²) in [5.41, 5.74) is 2.52. The summed E-state index contributed by atoms with van der Waals surface area (Å²) in [6, 6.07) is 6.22. The highest BCUT2D eigenvalue weighted by Crippen LogP contribution is 2.23. The van der Waals surface area contributed by atoms with Crippen molar-refractivity contribution in [2.75, 3.05) is 0 Å². The predicted octanol–water partition coefficient (Wildman–Crippen LogP) is 0.816. The minimum absolute atomic E-state index is 0.227. The number of furan rings is 1. The van der Waals surface area contributed by atoms with Crippen molar-refractivity contribution in [2.24, 2.45) is 0 Å². The van der Waals surface area contributed by atoms with E-state index < -0.39 is 0 Å². The van der Waals surface area contributed by atoms with Crippen molar-refractivity contribution in [3.8, 4) is 0 Å². The molecule has 0 saturated carbocycles. The molecule has 2 N–H and O–H groups in total. The number of hydrogen-bond donors (Lipinski definition) is 2. The third kappa shape index (κ3) is 2.59. The van der Waals surface area contributed by atoms with E-state index in [-0.39, 0.29) is 5.56 Å². The largest absolute Gasteiger partial charge is 0.449 e. The number of H-pyrrole nitrogens is 1. The zero-order valence-corrected chi connectivity index (χ0v) is 12.5. The van der Waals surface area contributed by atoms with Crippen LogP contribution in [0.5, 0.6) is 0 Å². The van der Waals surface area contributed by atoms with Crippen LogP contribution in [-0.4, -0.2) is 23.9 Å². The van der Waals surface area contributed by atoms with Crippen LogP contribution in [0.3, 0.4) is 0 Å². The molecule has 6 heteroatoms. The summed E-state index contributed by atoms with van der Waals surface area (Å²) < 4.78 is 5.61. The average molecular weight is 283 g/mol. The van der Waals surface area contributed by atoms with Crippen LogP contribution in [0.2, 0.25) is 0 Å². The van der Waals surface area contributed by atoms with Gasteiger partial charge in [-0.15, -0.1) is 0 Å². The minimum Gasteiger partial charge on any atom is -0.449 e. The quantitative estimate of drug-likeness (QED) is 0.695. The molecule has 0 amide bonds. The lowest BCUT2D eigenvalue weighted by Gasteiger charge is -2.10. The van der Waals surface area contributed by atoms with E-state index in [1.165, 1.54) is 0 Å². The molecule has 0 radical (unpaired) electrons. The van der Waals surface area contributed by atoms with Crippen molar-refractivity contribution in [3.63, 3.8) is 0 Å². The van der Waals surface area contributed by atoms with E-state index in [4.69, 9.17) is 4.42 Å². The summed E-state index contributed by atoms with van der Waals surface area (Å²) in [4.78, 5) is 19.5. The fourth-order valence-corrected chi connectivity index (χ4v) is 2.31. The highest BCUT2D eigenvalue weighted by molar-refractivity contribution is 6.33. The van der Waals surface area contributed by atoms with Crippen molar-refractivity contribution in [2.45, 2.75) is 32.9 Å². The smallest absolute Gasteiger partial charge is 0.294 e. The molecule has 108 valence electrons. The van der Waals surface area contributed by atoms with Gasteiger partial charge in [0.1, 0.15) is 24.8 Å². The van der Waals surface area contributed by atoms with Crippen LogP contribution in [0.15, 0.2) is 27.4 Å². The molecule has 2 aromatic heterocycles. The topological polar surface area (TPSA) is 70.9 Å². The SMILES string of the molecule is Bc1ccc2oc3c(=O)[nH]c(CN[C@H](C)CC)nc3c2c1. The maximum absolute atomic E-state index is 12.2. The molecule has 0 fully saturated rings. The van der Waals surface area contributed by atoms with Crippen molar-refractivity contribution in [1.82, 2.24) is 15.3 Å². The average Bonchev–Trinajstić information content (AvgIpc) is 2.83. The van der Waals surface area contributed by atoms with E-state index in [1.54, 1.807) is 0 Å². The molecule has 2 heterocycles. The predicted molar refractivity (Wildman–Crippen MR) is 86.9 cm³/mol. The highest BCUT2D eigenvalue weighted by Gasteiger charge is 2.13. The zero-order chi connectivity index (χ0) is 15.0. The molecule has 1 atom stereocenters. The van der Waals surface area contributed by atoms with Gasteiger partial charge in [0.05, 0.1) is 6.54 Å². The molecule has 0 saturated heterocycles. The highest BCUT2D eigenvalue weighted by atomic mass is 16.3. The van der Waals surface area contributed by atoms with Gasteiger partial charge in [-0.3, -0.25) is 4.79 Å². The first kappa shape index (κ1) is 13.9. The lowest BCUT2D eigenvalue weighted by Crippen LogP contribution is -2.26. The van der Waals surface area contributed by atoms with Gasteiger partial charge in [0.15, 0.2) is 0 Å². The molecule has 1 aromatic carbocycles. The normalized spacial score (nSPS) is 13.0. The molecular weight excluding hydrogens is 265 g/mol. The Balaban J connectivity index is 2.10. The Kier molecular flexibility index (Phi) is 3.55. The Morgan fingerprint density at radius 2 is 2.29 bits per heavy atom. The standard InChI is InChI=1S/C15H18BN3O2/c1-3-8(2)17-7-12-18-13-10-6-9(16)4-5-11(10)21-14(13)15(20)19-12/h4-6,8,17H,3,7,16H2,1-2H3,(H,18,19,20)/t8-/m1/s1. The molecule has 3 aromatic rings. The molecule has 0 unspecified atom stereocenters. The third-order valence-corrected chi connectivity index (χ3v) is 3.76. The zero-order valence-electron chi connectivity index (χ0n) is 12.5. The van der Waals surface area contributed by atoms with Gasteiger partial charge in [-0.1, -0.05) is 24.5 Å². The van der Waals surface area contributed by atoms with Crippen LogP contribution >= 0.6 is 0 Å². The van der Waals surface area contributed by atoms with E-state index in [0.29, 0.717) is 35.1 Å². The summed E-state index contributed by atoms with van der Waals surface area (Å²) in [5, 5.41) is 4.22.